The lowest BCUT2D eigenvalue weighted by molar-refractivity contribution is -0.126. The van der Waals surface area contributed by atoms with Gasteiger partial charge in [-0.2, -0.15) is 5.21 Å². The van der Waals surface area contributed by atoms with E-state index in [1.807, 2.05) is 24.3 Å². The number of nitrogens with one attached hydrogen (secondary N) is 3. The normalized spacial score (nSPS) is 12.6. The zero-order valence-corrected chi connectivity index (χ0v) is 18.7. The highest BCUT2D eigenvalue weighted by molar-refractivity contribution is 8.32. The highest BCUT2D eigenvalue weighted by atomic mass is 32.3. The largest absolute Gasteiger partial charge is 0.497 e. The molecule has 0 aliphatic heterocycles. The lowest BCUT2D eigenvalue weighted by Crippen LogP contribution is -2.37. The lowest BCUT2D eigenvalue weighted by Gasteiger charge is -2.26. The van der Waals surface area contributed by atoms with Crippen LogP contribution in [0.5, 0.6) is 5.75 Å². The second-order valence-corrected chi connectivity index (χ2v) is 11.8. The maximum atomic E-state index is 13.1. The Morgan fingerprint density at radius 3 is 2.29 bits per heavy atom. The van der Waals surface area contributed by atoms with Gasteiger partial charge in [-0.1, -0.05) is 17.3 Å². The molecule has 0 aliphatic rings. The second kappa shape index (κ2) is 9.61. The van der Waals surface area contributed by atoms with Crippen molar-refractivity contribution in [1.82, 2.24) is 25.9 Å². The molecule has 0 saturated carbocycles. The van der Waals surface area contributed by atoms with Crippen LogP contribution in [0.4, 0.5) is 5.69 Å². The molecule has 3 N–H and O–H groups in total. The number of hydrogen-bond donors (Lipinski definition) is 3. The summed E-state index contributed by atoms with van der Waals surface area (Å²) in [5.41, 5.74) is 1.28. The Balaban J connectivity index is 1.78. The number of hydrogen-bond acceptors (Lipinski definition) is 6. The van der Waals surface area contributed by atoms with Gasteiger partial charge in [-0.15, -0.1) is 10.2 Å². The molecule has 0 bridgehead atoms. The third-order valence-electron chi connectivity index (χ3n) is 4.55. The van der Waals surface area contributed by atoms with Gasteiger partial charge in [0.1, 0.15) is 11.8 Å². The van der Waals surface area contributed by atoms with Crippen LogP contribution in [0, 0.1) is 0 Å². The fourth-order valence-electron chi connectivity index (χ4n) is 2.87. The van der Waals surface area contributed by atoms with Gasteiger partial charge in [0.25, 0.3) is 5.91 Å². The van der Waals surface area contributed by atoms with Crippen molar-refractivity contribution in [2.24, 2.45) is 0 Å². The maximum absolute atomic E-state index is 13.1. The number of methoxy groups -OCH3 is 1. The standard InChI is InChI=1S/C21H26N6O3S/c1-30-16-9-5-14(6-10-16)20(23-19(28)13-18-24-26-27-25-18)21(29)22-15-7-11-17(12-8-15)31(2,3)4/h5-12,20H,13H2,1-4H3,(H,22,29)(H,23,28)(H,24,25,26,27). The van der Waals surface area contributed by atoms with Crippen molar-refractivity contribution < 1.29 is 14.3 Å². The van der Waals surface area contributed by atoms with Crippen LogP contribution in [-0.4, -0.2) is 58.3 Å². The first-order valence-electron chi connectivity index (χ1n) is 9.51. The predicted molar refractivity (Wildman–Crippen MR) is 120 cm³/mol. The van der Waals surface area contributed by atoms with Crippen LogP contribution >= 0.6 is 10.0 Å². The van der Waals surface area contributed by atoms with Gasteiger partial charge in [0.05, 0.1) is 13.5 Å². The van der Waals surface area contributed by atoms with Crippen LogP contribution in [0.2, 0.25) is 0 Å². The third kappa shape index (κ3) is 6.05. The van der Waals surface area contributed by atoms with E-state index in [1.165, 1.54) is 4.90 Å². The van der Waals surface area contributed by atoms with E-state index in [0.717, 1.165) is 0 Å². The number of carbonyl (C=O) groups excluding carboxylic acids is 2. The summed E-state index contributed by atoms with van der Waals surface area (Å²) in [6.07, 6.45) is 6.53. The van der Waals surface area contributed by atoms with Crippen molar-refractivity contribution in [3.63, 3.8) is 0 Å². The summed E-state index contributed by atoms with van der Waals surface area (Å²) in [5.74, 6) is 0.138. The Labute approximate surface area is 182 Å². The summed E-state index contributed by atoms with van der Waals surface area (Å²) in [5, 5.41) is 18.9. The van der Waals surface area contributed by atoms with Crippen molar-refractivity contribution in [3.05, 3.63) is 59.9 Å². The van der Waals surface area contributed by atoms with Crippen molar-refractivity contribution in [3.8, 4) is 5.75 Å². The fraction of sp³-hybridized carbons (Fsp3) is 0.286. The molecule has 1 unspecified atom stereocenters. The van der Waals surface area contributed by atoms with Crippen molar-refractivity contribution in [2.75, 3.05) is 31.2 Å². The molecule has 2 amide bonds. The van der Waals surface area contributed by atoms with E-state index < -0.39 is 22.0 Å². The third-order valence-corrected chi connectivity index (χ3v) is 6.24. The molecule has 3 rings (SSSR count). The Morgan fingerprint density at radius 2 is 1.74 bits per heavy atom. The smallest absolute Gasteiger partial charge is 0.251 e. The number of nitrogens with zero attached hydrogens (tertiary/aromatic N) is 3. The van der Waals surface area contributed by atoms with E-state index in [1.54, 1.807) is 31.4 Å². The Kier molecular flexibility index (Phi) is 6.91. The number of ether oxygens (including phenoxy) is 1. The highest BCUT2D eigenvalue weighted by Crippen LogP contribution is 2.45. The van der Waals surface area contributed by atoms with Crippen LogP contribution in [0.25, 0.3) is 0 Å². The van der Waals surface area contributed by atoms with Crippen molar-refractivity contribution in [1.29, 1.82) is 0 Å². The molecule has 0 radical (unpaired) electrons. The van der Waals surface area contributed by atoms with E-state index in [4.69, 9.17) is 4.74 Å². The summed E-state index contributed by atoms with van der Waals surface area (Å²) in [6.45, 7) is 0. The van der Waals surface area contributed by atoms with Gasteiger partial charge in [-0.05, 0) is 65.6 Å². The van der Waals surface area contributed by atoms with Crippen LogP contribution in [0.1, 0.15) is 17.4 Å². The Bertz CT molecular complexity index is 1010. The number of aromatic amines is 1. The summed E-state index contributed by atoms with van der Waals surface area (Å²) >= 11 is 0. The predicted octanol–water partition coefficient (Wildman–Crippen LogP) is 2.30. The Hall–Kier alpha value is -3.40. The van der Waals surface area contributed by atoms with E-state index in [2.05, 4.69) is 50.0 Å². The summed E-state index contributed by atoms with van der Waals surface area (Å²) in [4.78, 5) is 26.8. The second-order valence-electron chi connectivity index (χ2n) is 7.63. The Morgan fingerprint density at radius 1 is 1.06 bits per heavy atom. The van der Waals surface area contributed by atoms with Crippen LogP contribution in [0.3, 0.4) is 0 Å². The number of tetrazole rings is 1. The van der Waals surface area contributed by atoms with Crippen LogP contribution in [-0.2, 0) is 16.0 Å². The average Bonchev–Trinajstić information content (AvgIpc) is 3.25. The van der Waals surface area contributed by atoms with Gasteiger partial charge in [0.2, 0.25) is 5.91 Å². The van der Waals surface area contributed by atoms with Crippen molar-refractivity contribution >= 4 is 27.5 Å². The zero-order valence-electron chi connectivity index (χ0n) is 17.9. The topological polar surface area (TPSA) is 122 Å². The van der Waals surface area contributed by atoms with Crippen LogP contribution < -0.4 is 15.4 Å². The molecule has 1 atom stereocenters. The first-order valence-corrected chi connectivity index (χ1v) is 12.4. The number of benzene rings is 2. The molecular formula is C21H26N6O3S. The average molecular weight is 443 g/mol. The molecule has 0 spiro atoms. The number of amides is 2. The minimum absolute atomic E-state index is 0.0977. The van der Waals surface area contributed by atoms with Gasteiger partial charge in [0.15, 0.2) is 5.82 Å². The molecule has 0 saturated heterocycles. The highest BCUT2D eigenvalue weighted by Gasteiger charge is 2.24. The van der Waals surface area contributed by atoms with Gasteiger partial charge in [-0.25, -0.2) is 10.0 Å². The zero-order chi connectivity index (χ0) is 22.4. The number of aromatic nitrogens is 4. The van der Waals surface area contributed by atoms with E-state index in [9.17, 15) is 9.59 Å². The SMILES string of the molecule is COc1ccc(C(NC(=O)Cc2nn[nH]n2)C(=O)Nc2ccc(S(C)(C)C)cc2)cc1. The van der Waals surface area contributed by atoms with Gasteiger partial charge < -0.3 is 15.4 Å². The first kappa shape index (κ1) is 22.3. The fourth-order valence-corrected chi connectivity index (χ4v) is 3.82. The summed E-state index contributed by atoms with van der Waals surface area (Å²) < 4.78 is 5.18. The molecule has 9 nitrogen and oxygen atoms in total. The quantitative estimate of drug-likeness (QED) is 0.492. The molecule has 0 fully saturated rings. The number of anilines is 1. The van der Waals surface area contributed by atoms with Gasteiger partial charge >= 0.3 is 0 Å². The minimum atomic E-state index is -0.904. The maximum Gasteiger partial charge on any atom is 0.251 e. The molecule has 164 valence electrons. The van der Waals surface area contributed by atoms with Crippen LogP contribution in [0.15, 0.2) is 53.4 Å². The molecule has 3 aromatic rings. The molecule has 2 aromatic carbocycles. The minimum Gasteiger partial charge on any atom is -0.497 e. The number of rotatable bonds is 8. The monoisotopic (exact) mass is 442 g/mol. The summed E-state index contributed by atoms with van der Waals surface area (Å²) in [6, 6.07) is 13.8. The summed E-state index contributed by atoms with van der Waals surface area (Å²) in [7, 11) is 0.708. The van der Waals surface area contributed by atoms with E-state index in [-0.39, 0.29) is 18.2 Å². The lowest BCUT2D eigenvalue weighted by atomic mass is 10.1. The number of carbonyl (C=O) groups is 2. The molecular weight excluding hydrogens is 416 g/mol. The first-order chi connectivity index (χ1) is 14.8. The van der Waals surface area contributed by atoms with Crippen molar-refractivity contribution in [2.45, 2.75) is 17.4 Å². The molecule has 1 aromatic heterocycles. The molecule has 31 heavy (non-hydrogen) atoms. The van der Waals surface area contributed by atoms with Gasteiger partial charge in [0, 0.05) is 5.69 Å². The van der Waals surface area contributed by atoms with Gasteiger partial charge in [-0.3, -0.25) is 9.59 Å². The van der Waals surface area contributed by atoms with E-state index in [0.29, 0.717) is 17.0 Å². The molecule has 10 heteroatoms. The molecule has 0 aliphatic carbocycles. The van der Waals surface area contributed by atoms with E-state index >= 15 is 0 Å². The molecule has 1 heterocycles. The number of H-pyrrole nitrogens is 1.